The first-order valence-corrected chi connectivity index (χ1v) is 12.5. The Hall–Kier alpha value is -3.50. The molecule has 0 radical (unpaired) electrons. The van der Waals surface area contributed by atoms with E-state index < -0.39 is 29.7 Å². The predicted octanol–water partition coefficient (Wildman–Crippen LogP) is 4.76. The number of ether oxygens (including phenoxy) is 1. The first kappa shape index (κ1) is 24.2. The van der Waals surface area contributed by atoms with Crippen molar-refractivity contribution in [1.82, 2.24) is 19.6 Å². The van der Waals surface area contributed by atoms with E-state index in [2.05, 4.69) is 10.3 Å². The fraction of sp³-hybridized carbons (Fsp3) is 0.346. The average molecular weight is 511 g/mol. The number of amides is 2. The lowest BCUT2D eigenvalue weighted by atomic mass is 10.0. The van der Waals surface area contributed by atoms with E-state index in [9.17, 15) is 14.7 Å². The lowest BCUT2D eigenvalue weighted by molar-refractivity contribution is 0.0206. The highest BCUT2D eigenvalue weighted by Gasteiger charge is 2.38. The molecule has 0 spiro atoms. The molecule has 5 rings (SSSR count). The molecule has 2 aromatic carbocycles. The van der Waals surface area contributed by atoms with Crippen LogP contribution in [0.1, 0.15) is 49.2 Å². The van der Waals surface area contributed by atoms with Crippen molar-refractivity contribution in [2.45, 2.75) is 44.9 Å². The number of rotatable bonds is 3. The van der Waals surface area contributed by atoms with Crippen LogP contribution >= 0.6 is 11.3 Å². The number of likely N-dealkylation sites (tertiary alicyclic amines) is 1. The smallest absolute Gasteiger partial charge is 0.410 e. The average Bonchev–Trinajstić information content (AvgIpc) is 3.49. The Morgan fingerprint density at radius 3 is 2.69 bits per heavy atom. The first-order chi connectivity index (χ1) is 17.0. The summed E-state index contributed by atoms with van der Waals surface area (Å²) < 4.78 is 23.6. The normalized spacial score (nSPS) is 18.2. The van der Waals surface area contributed by atoms with E-state index in [4.69, 9.17) is 4.74 Å². The number of thiazole rings is 1. The molecule has 0 bridgehead atoms. The van der Waals surface area contributed by atoms with Gasteiger partial charge in [0.15, 0.2) is 4.96 Å². The lowest BCUT2D eigenvalue weighted by Crippen LogP contribution is -2.37. The molecule has 1 fully saturated rings. The standard InChI is InChI=1S/C26H27FN4O4S/c1-26(2,3)35-25(34)31-12-16(32)11-21(31)14-5-7-17(18(27)9-14)19-13-30-20-8-6-15(23(33)28-4)10-22(20)36-24(30)29-19/h5-10,13,16,21,32H,11-12H2,1-4H3,(H,28,33)/t16-,21+/m0/s1. The summed E-state index contributed by atoms with van der Waals surface area (Å²) in [5.74, 6) is -0.624. The van der Waals surface area contributed by atoms with Crippen LogP contribution in [0.4, 0.5) is 9.18 Å². The van der Waals surface area contributed by atoms with Gasteiger partial charge in [0.2, 0.25) is 0 Å². The zero-order chi connectivity index (χ0) is 25.8. The molecule has 4 aromatic rings. The Balaban J connectivity index is 1.44. The van der Waals surface area contributed by atoms with Crippen LogP contribution in [-0.4, -0.2) is 56.7 Å². The van der Waals surface area contributed by atoms with E-state index in [-0.39, 0.29) is 12.5 Å². The van der Waals surface area contributed by atoms with Gasteiger partial charge < -0.3 is 15.2 Å². The van der Waals surface area contributed by atoms with Crippen molar-refractivity contribution >= 4 is 38.5 Å². The van der Waals surface area contributed by atoms with Crippen LogP contribution in [0.15, 0.2) is 42.6 Å². The number of nitrogens with one attached hydrogen (secondary N) is 1. The van der Waals surface area contributed by atoms with Crippen molar-refractivity contribution in [3.05, 3.63) is 59.5 Å². The maximum Gasteiger partial charge on any atom is 0.410 e. The van der Waals surface area contributed by atoms with Gasteiger partial charge in [0, 0.05) is 24.4 Å². The molecule has 2 amide bonds. The summed E-state index contributed by atoms with van der Waals surface area (Å²) in [6, 6.07) is 9.74. The van der Waals surface area contributed by atoms with Crippen LogP contribution in [0.25, 0.3) is 26.4 Å². The predicted molar refractivity (Wildman–Crippen MR) is 136 cm³/mol. The van der Waals surface area contributed by atoms with Crippen molar-refractivity contribution in [3.8, 4) is 11.3 Å². The number of benzene rings is 2. The van der Waals surface area contributed by atoms with Crippen molar-refractivity contribution < 1.29 is 23.8 Å². The molecule has 0 saturated carbocycles. The van der Waals surface area contributed by atoms with Crippen LogP contribution in [-0.2, 0) is 4.74 Å². The van der Waals surface area contributed by atoms with E-state index in [0.29, 0.717) is 33.8 Å². The topological polar surface area (TPSA) is 96.2 Å². The second-order valence-electron chi connectivity index (χ2n) is 9.92. The SMILES string of the molecule is CNC(=O)c1ccc2c(c1)sc1nc(-c3ccc([C@H]4C[C@H](O)CN4C(=O)OC(C)(C)C)cc3F)cn12. The van der Waals surface area contributed by atoms with Crippen molar-refractivity contribution in [2.75, 3.05) is 13.6 Å². The minimum Gasteiger partial charge on any atom is -0.444 e. The molecule has 0 unspecified atom stereocenters. The summed E-state index contributed by atoms with van der Waals surface area (Å²) >= 11 is 1.42. The zero-order valence-electron chi connectivity index (χ0n) is 20.4. The van der Waals surface area contributed by atoms with Gasteiger partial charge in [0.05, 0.1) is 34.6 Å². The Kier molecular flexibility index (Phi) is 5.96. The Bertz CT molecular complexity index is 1490. The minimum atomic E-state index is -0.706. The van der Waals surface area contributed by atoms with E-state index in [0.717, 1.165) is 10.2 Å². The van der Waals surface area contributed by atoms with Crippen LogP contribution < -0.4 is 5.32 Å². The van der Waals surface area contributed by atoms with Crippen LogP contribution in [0, 0.1) is 5.82 Å². The molecule has 0 aliphatic carbocycles. The summed E-state index contributed by atoms with van der Waals surface area (Å²) in [6.45, 7) is 5.47. The second-order valence-corrected chi connectivity index (χ2v) is 10.9. The number of halogens is 1. The van der Waals surface area contributed by atoms with Gasteiger partial charge in [-0.2, -0.15) is 0 Å². The number of nitrogens with zero attached hydrogens (tertiary/aromatic N) is 3. The summed E-state index contributed by atoms with van der Waals surface area (Å²) in [6.07, 6.45) is 0.845. The summed E-state index contributed by atoms with van der Waals surface area (Å²) in [4.78, 5) is 31.4. The molecule has 36 heavy (non-hydrogen) atoms. The summed E-state index contributed by atoms with van der Waals surface area (Å²) in [5.41, 5.74) is 2.18. The van der Waals surface area contributed by atoms with Gasteiger partial charge in [0.25, 0.3) is 5.91 Å². The fourth-order valence-corrected chi connectivity index (χ4v) is 5.56. The summed E-state index contributed by atoms with van der Waals surface area (Å²) in [7, 11) is 1.59. The number of imidazole rings is 1. The van der Waals surface area contributed by atoms with Gasteiger partial charge >= 0.3 is 6.09 Å². The van der Waals surface area contributed by atoms with Crippen LogP contribution in [0.3, 0.4) is 0 Å². The quantitative estimate of drug-likeness (QED) is 0.414. The number of hydrogen-bond acceptors (Lipinski definition) is 6. The lowest BCUT2D eigenvalue weighted by Gasteiger charge is -2.28. The zero-order valence-corrected chi connectivity index (χ0v) is 21.2. The molecule has 1 aliphatic rings. The molecule has 1 saturated heterocycles. The third kappa shape index (κ3) is 4.42. The summed E-state index contributed by atoms with van der Waals surface area (Å²) in [5, 5.41) is 12.8. The monoisotopic (exact) mass is 510 g/mol. The van der Waals surface area contributed by atoms with Gasteiger partial charge in [-0.3, -0.25) is 14.1 Å². The van der Waals surface area contributed by atoms with Gasteiger partial charge in [-0.15, -0.1) is 0 Å². The van der Waals surface area contributed by atoms with Crippen molar-refractivity contribution in [3.63, 3.8) is 0 Å². The number of fused-ring (bicyclic) bond motifs is 3. The third-order valence-electron chi connectivity index (χ3n) is 6.14. The van der Waals surface area contributed by atoms with Crippen LogP contribution in [0.2, 0.25) is 0 Å². The number of aliphatic hydroxyl groups excluding tert-OH is 1. The van der Waals surface area contributed by atoms with E-state index in [1.54, 1.807) is 52.2 Å². The molecule has 1 aliphatic heterocycles. The largest absolute Gasteiger partial charge is 0.444 e. The minimum absolute atomic E-state index is 0.134. The van der Waals surface area contributed by atoms with E-state index >= 15 is 4.39 Å². The molecule has 188 valence electrons. The van der Waals surface area contributed by atoms with Gasteiger partial charge in [-0.25, -0.2) is 14.2 Å². The number of carbonyl (C=O) groups excluding carboxylic acids is 2. The molecular weight excluding hydrogens is 483 g/mol. The Morgan fingerprint density at radius 1 is 1.22 bits per heavy atom. The van der Waals surface area contributed by atoms with E-state index in [1.807, 2.05) is 16.5 Å². The van der Waals surface area contributed by atoms with Crippen LogP contribution in [0.5, 0.6) is 0 Å². The highest BCUT2D eigenvalue weighted by Crippen LogP contribution is 2.36. The number of hydrogen-bond donors (Lipinski definition) is 2. The molecule has 2 N–H and O–H groups in total. The maximum atomic E-state index is 15.3. The molecule has 2 atom stereocenters. The van der Waals surface area contributed by atoms with Gasteiger partial charge in [-0.1, -0.05) is 17.4 Å². The number of aliphatic hydroxyl groups is 1. The molecule has 2 aromatic heterocycles. The number of β-amino-alcohol motifs (C(OH)–C–C–N with tert-alkyl or cyclic N) is 1. The molecule has 3 heterocycles. The third-order valence-corrected chi connectivity index (χ3v) is 7.16. The first-order valence-electron chi connectivity index (χ1n) is 11.7. The Labute approximate surface area is 211 Å². The molecular formula is C26H27FN4O4S. The highest BCUT2D eigenvalue weighted by atomic mass is 32.1. The Morgan fingerprint density at radius 2 is 2.00 bits per heavy atom. The fourth-order valence-electron chi connectivity index (χ4n) is 4.51. The van der Waals surface area contributed by atoms with Gasteiger partial charge in [-0.05, 0) is 63.1 Å². The maximum absolute atomic E-state index is 15.3. The van der Waals surface area contributed by atoms with Crippen molar-refractivity contribution in [2.24, 2.45) is 0 Å². The number of aromatic nitrogens is 2. The molecule has 10 heteroatoms. The van der Waals surface area contributed by atoms with E-state index in [1.165, 1.54) is 22.3 Å². The highest BCUT2D eigenvalue weighted by molar-refractivity contribution is 7.23. The molecule has 8 nitrogen and oxygen atoms in total. The second kappa shape index (κ2) is 8.86. The van der Waals surface area contributed by atoms with Crippen molar-refractivity contribution in [1.29, 1.82) is 0 Å². The van der Waals surface area contributed by atoms with Gasteiger partial charge in [0.1, 0.15) is 11.4 Å². The number of carbonyl (C=O) groups is 2.